The van der Waals surface area contributed by atoms with Crippen LogP contribution < -0.4 is 9.80 Å². The zero-order valence-electron chi connectivity index (χ0n) is 13.1. The highest BCUT2D eigenvalue weighted by molar-refractivity contribution is 6.29. The van der Waals surface area contributed by atoms with Crippen LogP contribution in [0.5, 0.6) is 0 Å². The standard InChI is InChI=1S/C17H17ClF2N4/c18-15-10-16(22-17(21-15)11-1-2-11)24-7-5-23(6-8-24)14-9-12(19)3-4-13(14)20/h3-4,9-11H,1-2,5-8H2. The first-order valence-electron chi connectivity index (χ1n) is 8.09. The van der Waals surface area contributed by atoms with E-state index in [4.69, 9.17) is 11.6 Å². The van der Waals surface area contributed by atoms with Crippen LogP contribution in [0.4, 0.5) is 20.3 Å². The molecule has 4 rings (SSSR count). The second-order valence-electron chi connectivity index (χ2n) is 6.25. The van der Waals surface area contributed by atoms with Gasteiger partial charge in [0, 0.05) is 44.2 Å². The Balaban J connectivity index is 1.49. The van der Waals surface area contributed by atoms with Gasteiger partial charge < -0.3 is 9.80 Å². The molecule has 0 atom stereocenters. The first kappa shape index (κ1) is 15.6. The van der Waals surface area contributed by atoms with Gasteiger partial charge in [-0.05, 0) is 25.0 Å². The number of benzene rings is 1. The lowest BCUT2D eigenvalue weighted by Gasteiger charge is -2.37. The van der Waals surface area contributed by atoms with Crippen molar-refractivity contribution in [1.82, 2.24) is 9.97 Å². The van der Waals surface area contributed by atoms with Crippen LogP contribution in [0.3, 0.4) is 0 Å². The van der Waals surface area contributed by atoms with Crippen LogP contribution >= 0.6 is 11.6 Å². The van der Waals surface area contributed by atoms with Gasteiger partial charge in [-0.15, -0.1) is 0 Å². The third-order valence-corrected chi connectivity index (χ3v) is 4.69. The van der Waals surface area contributed by atoms with E-state index >= 15 is 0 Å². The number of halogens is 3. The van der Waals surface area contributed by atoms with Crippen molar-refractivity contribution in [3.8, 4) is 0 Å². The summed E-state index contributed by atoms with van der Waals surface area (Å²) in [6, 6.07) is 5.32. The highest BCUT2D eigenvalue weighted by atomic mass is 35.5. The summed E-state index contributed by atoms with van der Waals surface area (Å²) in [4.78, 5) is 12.9. The van der Waals surface area contributed by atoms with Crippen LogP contribution in [0, 0.1) is 11.6 Å². The topological polar surface area (TPSA) is 32.3 Å². The predicted octanol–water partition coefficient (Wildman–Crippen LogP) is 3.61. The fourth-order valence-corrected chi connectivity index (χ4v) is 3.20. The van der Waals surface area contributed by atoms with Gasteiger partial charge in [0.05, 0.1) is 5.69 Å². The molecule has 1 aliphatic carbocycles. The Bertz CT molecular complexity index is 758. The van der Waals surface area contributed by atoms with E-state index < -0.39 is 11.6 Å². The molecule has 0 unspecified atom stereocenters. The number of nitrogens with zero attached hydrogens (tertiary/aromatic N) is 4. The fraction of sp³-hybridized carbons (Fsp3) is 0.412. The molecule has 1 aliphatic heterocycles. The predicted molar refractivity (Wildman–Crippen MR) is 89.8 cm³/mol. The van der Waals surface area contributed by atoms with Crippen molar-refractivity contribution in [1.29, 1.82) is 0 Å². The van der Waals surface area contributed by atoms with Gasteiger partial charge in [0.1, 0.15) is 28.4 Å². The van der Waals surface area contributed by atoms with Crippen molar-refractivity contribution < 1.29 is 8.78 Å². The van der Waals surface area contributed by atoms with E-state index in [9.17, 15) is 8.78 Å². The molecule has 2 heterocycles. The molecule has 1 saturated carbocycles. The Labute approximate surface area is 144 Å². The smallest absolute Gasteiger partial charge is 0.146 e. The first-order valence-corrected chi connectivity index (χ1v) is 8.47. The molecule has 1 saturated heterocycles. The summed E-state index contributed by atoms with van der Waals surface area (Å²) in [7, 11) is 0. The SMILES string of the molecule is Fc1ccc(F)c(N2CCN(c3cc(Cl)nc(C4CC4)n3)CC2)c1. The molecule has 7 heteroatoms. The quantitative estimate of drug-likeness (QED) is 0.792. The summed E-state index contributed by atoms with van der Waals surface area (Å²) in [5.74, 6) is 1.24. The van der Waals surface area contributed by atoms with Crippen LogP contribution in [0.1, 0.15) is 24.6 Å². The molecule has 2 aromatic rings. The molecule has 1 aromatic heterocycles. The number of aromatic nitrogens is 2. The molecule has 2 fully saturated rings. The van der Waals surface area contributed by atoms with E-state index in [2.05, 4.69) is 14.9 Å². The largest absolute Gasteiger partial charge is 0.366 e. The average molecular weight is 351 g/mol. The first-order chi connectivity index (χ1) is 11.6. The van der Waals surface area contributed by atoms with Gasteiger partial charge in [-0.3, -0.25) is 0 Å². The molecule has 0 spiro atoms. The highest BCUT2D eigenvalue weighted by Crippen LogP contribution is 2.39. The summed E-state index contributed by atoms with van der Waals surface area (Å²) in [5, 5.41) is 0.459. The second-order valence-corrected chi connectivity index (χ2v) is 6.64. The monoisotopic (exact) mass is 350 g/mol. The van der Waals surface area contributed by atoms with Crippen LogP contribution in [0.25, 0.3) is 0 Å². The van der Waals surface area contributed by atoms with Crippen LogP contribution in [-0.4, -0.2) is 36.1 Å². The molecule has 1 aromatic carbocycles. The van der Waals surface area contributed by atoms with Gasteiger partial charge in [-0.1, -0.05) is 11.6 Å². The van der Waals surface area contributed by atoms with E-state index in [-0.39, 0.29) is 0 Å². The van der Waals surface area contributed by atoms with Crippen molar-refractivity contribution >= 4 is 23.1 Å². The zero-order valence-corrected chi connectivity index (χ0v) is 13.8. The van der Waals surface area contributed by atoms with Crippen molar-refractivity contribution in [2.45, 2.75) is 18.8 Å². The molecule has 126 valence electrons. The molecule has 2 aliphatic rings. The molecule has 0 amide bonds. The van der Waals surface area contributed by atoms with Crippen LogP contribution in [-0.2, 0) is 0 Å². The van der Waals surface area contributed by atoms with Gasteiger partial charge in [-0.2, -0.15) is 0 Å². The molecular formula is C17H17ClF2N4. The van der Waals surface area contributed by atoms with Crippen molar-refractivity contribution in [3.63, 3.8) is 0 Å². The number of piperazine rings is 1. The van der Waals surface area contributed by atoms with Crippen molar-refractivity contribution in [2.75, 3.05) is 36.0 Å². The highest BCUT2D eigenvalue weighted by Gasteiger charge is 2.28. The van der Waals surface area contributed by atoms with Gasteiger partial charge in [0.25, 0.3) is 0 Å². The number of anilines is 2. The lowest BCUT2D eigenvalue weighted by atomic mass is 10.2. The summed E-state index contributed by atoms with van der Waals surface area (Å²) >= 11 is 6.12. The molecule has 0 radical (unpaired) electrons. The van der Waals surface area contributed by atoms with Gasteiger partial charge in [-0.25, -0.2) is 18.7 Å². The average Bonchev–Trinajstić information content (AvgIpc) is 3.42. The minimum Gasteiger partial charge on any atom is -0.366 e. The Morgan fingerprint density at radius 2 is 1.67 bits per heavy atom. The van der Waals surface area contributed by atoms with Crippen LogP contribution in [0.15, 0.2) is 24.3 Å². The lowest BCUT2D eigenvalue weighted by molar-refractivity contribution is 0.579. The van der Waals surface area contributed by atoms with E-state index in [1.54, 1.807) is 6.07 Å². The minimum absolute atomic E-state index is 0.314. The van der Waals surface area contributed by atoms with Crippen molar-refractivity contribution in [3.05, 3.63) is 46.9 Å². The summed E-state index contributed by atoms with van der Waals surface area (Å²) in [5.41, 5.74) is 0.314. The molecule has 0 bridgehead atoms. The maximum absolute atomic E-state index is 13.9. The van der Waals surface area contributed by atoms with Crippen LogP contribution in [0.2, 0.25) is 5.15 Å². The third kappa shape index (κ3) is 3.15. The zero-order chi connectivity index (χ0) is 16.7. The Kier molecular flexibility index (Phi) is 4.00. The molecule has 4 nitrogen and oxygen atoms in total. The summed E-state index contributed by atoms with van der Waals surface area (Å²) < 4.78 is 27.3. The summed E-state index contributed by atoms with van der Waals surface area (Å²) in [6.45, 7) is 2.54. The second kappa shape index (κ2) is 6.16. The van der Waals surface area contributed by atoms with Gasteiger partial charge >= 0.3 is 0 Å². The molecular weight excluding hydrogens is 334 g/mol. The number of hydrogen-bond acceptors (Lipinski definition) is 4. The van der Waals surface area contributed by atoms with Crippen molar-refractivity contribution in [2.24, 2.45) is 0 Å². The number of hydrogen-bond donors (Lipinski definition) is 0. The lowest BCUT2D eigenvalue weighted by Crippen LogP contribution is -2.47. The number of rotatable bonds is 3. The Morgan fingerprint density at radius 3 is 2.38 bits per heavy atom. The fourth-order valence-electron chi connectivity index (χ4n) is 3.01. The maximum atomic E-state index is 13.9. The normalized spacial score (nSPS) is 18.1. The molecule has 0 N–H and O–H groups in total. The molecule has 24 heavy (non-hydrogen) atoms. The third-order valence-electron chi connectivity index (χ3n) is 4.49. The maximum Gasteiger partial charge on any atom is 0.146 e. The van der Waals surface area contributed by atoms with E-state index in [1.165, 1.54) is 12.1 Å². The van der Waals surface area contributed by atoms with E-state index in [1.807, 2.05) is 4.90 Å². The minimum atomic E-state index is -0.425. The van der Waals surface area contributed by atoms with Gasteiger partial charge in [0.15, 0.2) is 0 Å². The summed E-state index contributed by atoms with van der Waals surface area (Å²) in [6.07, 6.45) is 2.23. The Morgan fingerprint density at radius 1 is 0.958 bits per heavy atom. The van der Waals surface area contributed by atoms with E-state index in [0.717, 1.165) is 30.6 Å². The Hall–Kier alpha value is -1.95. The van der Waals surface area contributed by atoms with Gasteiger partial charge in [0.2, 0.25) is 0 Å². The van der Waals surface area contributed by atoms with E-state index in [0.29, 0.717) is 42.9 Å².